The Labute approximate surface area is 134 Å². The molecule has 0 saturated heterocycles. The average molecular weight is 309 g/mol. The van der Waals surface area contributed by atoms with Crippen molar-refractivity contribution in [2.45, 2.75) is 64.1 Å². The first-order chi connectivity index (χ1) is 10.1. The summed E-state index contributed by atoms with van der Waals surface area (Å²) in [4.78, 5) is 2.41. The number of nitrogens with zero attached hydrogens (tertiary/aromatic N) is 1. The summed E-state index contributed by atoms with van der Waals surface area (Å²) in [6.45, 7) is 5.58. The van der Waals surface area contributed by atoms with Crippen LogP contribution in [0.5, 0.6) is 0 Å². The summed E-state index contributed by atoms with van der Waals surface area (Å²) >= 11 is 6.32. The smallest absolute Gasteiger partial charge is 0.0453 e. The molecular weight excluding hydrogens is 280 g/mol. The second kappa shape index (κ2) is 8.17. The summed E-state index contributed by atoms with van der Waals surface area (Å²) in [6, 6.07) is 9.73. The third kappa shape index (κ3) is 4.70. The van der Waals surface area contributed by atoms with Crippen LogP contribution in [0.25, 0.3) is 0 Å². The summed E-state index contributed by atoms with van der Waals surface area (Å²) in [5.74, 6) is 0. The quantitative estimate of drug-likeness (QED) is 0.823. The lowest BCUT2D eigenvalue weighted by Crippen LogP contribution is -2.43. The molecule has 0 bridgehead atoms. The van der Waals surface area contributed by atoms with Crippen molar-refractivity contribution in [3.63, 3.8) is 0 Å². The molecule has 1 aliphatic rings. The highest BCUT2D eigenvalue weighted by atomic mass is 35.5. The van der Waals surface area contributed by atoms with Gasteiger partial charge in [-0.3, -0.25) is 4.90 Å². The Bertz CT molecular complexity index is 429. The molecule has 0 heterocycles. The first-order valence-corrected chi connectivity index (χ1v) is 8.67. The maximum absolute atomic E-state index is 6.32. The van der Waals surface area contributed by atoms with Gasteiger partial charge >= 0.3 is 0 Å². The van der Waals surface area contributed by atoms with Gasteiger partial charge in [-0.15, -0.1) is 0 Å². The van der Waals surface area contributed by atoms with Gasteiger partial charge in [0.05, 0.1) is 0 Å². The molecule has 0 spiro atoms. The zero-order valence-electron chi connectivity index (χ0n) is 13.6. The molecule has 21 heavy (non-hydrogen) atoms. The van der Waals surface area contributed by atoms with E-state index in [9.17, 15) is 0 Å². The van der Waals surface area contributed by atoms with Gasteiger partial charge in [0.25, 0.3) is 0 Å². The van der Waals surface area contributed by atoms with E-state index in [1.54, 1.807) is 0 Å². The Kier molecular flexibility index (Phi) is 6.53. The summed E-state index contributed by atoms with van der Waals surface area (Å²) < 4.78 is 0. The van der Waals surface area contributed by atoms with Gasteiger partial charge in [0.1, 0.15) is 0 Å². The Hall–Kier alpha value is -0.570. The van der Waals surface area contributed by atoms with E-state index in [-0.39, 0.29) is 0 Å². The molecule has 0 amide bonds. The third-order valence-corrected chi connectivity index (χ3v) is 5.31. The number of likely N-dealkylation sites (N-methyl/N-ethyl adjacent to an activating group) is 1. The molecule has 1 aromatic carbocycles. The van der Waals surface area contributed by atoms with E-state index in [1.807, 2.05) is 12.1 Å². The van der Waals surface area contributed by atoms with Crippen molar-refractivity contribution in [2.75, 3.05) is 13.6 Å². The van der Waals surface area contributed by atoms with Gasteiger partial charge in [-0.1, -0.05) is 49.1 Å². The molecule has 0 aliphatic heterocycles. The van der Waals surface area contributed by atoms with Crippen molar-refractivity contribution in [1.82, 2.24) is 10.2 Å². The molecule has 1 saturated carbocycles. The zero-order chi connectivity index (χ0) is 15.2. The molecule has 1 aliphatic carbocycles. The summed E-state index contributed by atoms with van der Waals surface area (Å²) in [7, 11) is 2.20. The molecule has 2 unspecified atom stereocenters. The largest absolute Gasteiger partial charge is 0.312 e. The molecule has 118 valence electrons. The standard InChI is InChI=1S/C18H29ClN2/c1-14(13-20-16-9-5-4-6-10-16)21(3)15(2)17-11-7-8-12-18(17)19/h7-8,11-12,14-16,20H,4-6,9-10,13H2,1-3H3. The lowest BCUT2D eigenvalue weighted by molar-refractivity contribution is 0.186. The minimum Gasteiger partial charge on any atom is -0.312 e. The normalized spacial score (nSPS) is 19.7. The van der Waals surface area contributed by atoms with Crippen LogP contribution >= 0.6 is 11.6 Å². The van der Waals surface area contributed by atoms with Crippen molar-refractivity contribution < 1.29 is 0 Å². The number of benzene rings is 1. The van der Waals surface area contributed by atoms with Gasteiger partial charge < -0.3 is 5.32 Å². The molecule has 2 nitrogen and oxygen atoms in total. The molecule has 0 radical (unpaired) electrons. The first-order valence-electron chi connectivity index (χ1n) is 8.29. The van der Waals surface area contributed by atoms with Crippen LogP contribution in [0.2, 0.25) is 5.02 Å². The number of nitrogens with one attached hydrogen (secondary N) is 1. The van der Waals surface area contributed by atoms with Gasteiger partial charge in [-0.25, -0.2) is 0 Å². The number of rotatable bonds is 6. The van der Waals surface area contributed by atoms with Crippen molar-refractivity contribution in [1.29, 1.82) is 0 Å². The SMILES string of the molecule is CC(CNC1CCCCC1)N(C)C(C)c1ccccc1Cl. The van der Waals surface area contributed by atoms with Gasteiger partial charge in [0.15, 0.2) is 0 Å². The Morgan fingerprint density at radius 3 is 2.52 bits per heavy atom. The van der Waals surface area contributed by atoms with E-state index in [4.69, 9.17) is 11.6 Å². The molecule has 3 heteroatoms. The summed E-state index contributed by atoms with van der Waals surface area (Å²) in [6.07, 6.45) is 6.88. The minimum atomic E-state index is 0.335. The predicted octanol–water partition coefficient (Wildman–Crippen LogP) is 4.64. The van der Waals surface area contributed by atoms with E-state index in [0.29, 0.717) is 12.1 Å². The fourth-order valence-electron chi connectivity index (χ4n) is 3.20. The second-order valence-corrected chi connectivity index (χ2v) is 6.86. The summed E-state index contributed by atoms with van der Waals surface area (Å²) in [5, 5.41) is 4.61. The van der Waals surface area contributed by atoms with Crippen LogP contribution in [0.3, 0.4) is 0 Å². The van der Waals surface area contributed by atoms with Crippen molar-refractivity contribution in [3.8, 4) is 0 Å². The van der Waals surface area contributed by atoms with E-state index in [0.717, 1.165) is 17.6 Å². The minimum absolute atomic E-state index is 0.335. The topological polar surface area (TPSA) is 15.3 Å². The molecule has 2 atom stereocenters. The Balaban J connectivity index is 1.86. The highest BCUT2D eigenvalue weighted by molar-refractivity contribution is 6.31. The van der Waals surface area contributed by atoms with Crippen molar-refractivity contribution >= 4 is 11.6 Å². The first kappa shape index (κ1) is 16.8. The zero-order valence-corrected chi connectivity index (χ0v) is 14.4. The fraction of sp³-hybridized carbons (Fsp3) is 0.667. The highest BCUT2D eigenvalue weighted by Gasteiger charge is 2.20. The monoisotopic (exact) mass is 308 g/mol. The van der Waals surface area contributed by atoms with Crippen molar-refractivity contribution in [2.24, 2.45) is 0 Å². The van der Waals surface area contributed by atoms with E-state index in [1.165, 1.54) is 37.7 Å². The Morgan fingerprint density at radius 2 is 1.86 bits per heavy atom. The van der Waals surface area contributed by atoms with E-state index in [2.05, 4.69) is 43.2 Å². The molecule has 1 N–H and O–H groups in total. The van der Waals surface area contributed by atoms with Crippen LogP contribution in [0.15, 0.2) is 24.3 Å². The number of hydrogen-bond acceptors (Lipinski definition) is 2. The molecule has 0 aromatic heterocycles. The lowest BCUT2D eigenvalue weighted by atomic mass is 9.95. The van der Waals surface area contributed by atoms with Gasteiger partial charge in [0.2, 0.25) is 0 Å². The molecule has 1 fully saturated rings. The van der Waals surface area contributed by atoms with Gasteiger partial charge in [-0.05, 0) is 45.4 Å². The van der Waals surface area contributed by atoms with Crippen LogP contribution in [0.1, 0.15) is 57.6 Å². The number of hydrogen-bond donors (Lipinski definition) is 1. The lowest BCUT2D eigenvalue weighted by Gasteiger charge is -2.33. The summed E-state index contributed by atoms with van der Waals surface area (Å²) in [5.41, 5.74) is 1.21. The molecule has 2 rings (SSSR count). The molecular formula is C18H29ClN2. The van der Waals surface area contributed by atoms with Crippen LogP contribution < -0.4 is 5.32 Å². The van der Waals surface area contributed by atoms with Gasteiger partial charge in [0, 0.05) is 29.7 Å². The molecule has 1 aromatic rings. The second-order valence-electron chi connectivity index (χ2n) is 6.46. The van der Waals surface area contributed by atoms with Crippen LogP contribution in [0.4, 0.5) is 0 Å². The van der Waals surface area contributed by atoms with Crippen LogP contribution in [-0.4, -0.2) is 30.6 Å². The van der Waals surface area contributed by atoms with Crippen molar-refractivity contribution in [3.05, 3.63) is 34.9 Å². The average Bonchev–Trinajstić information content (AvgIpc) is 2.52. The maximum Gasteiger partial charge on any atom is 0.0453 e. The fourth-order valence-corrected chi connectivity index (χ4v) is 3.50. The Morgan fingerprint density at radius 1 is 1.19 bits per heavy atom. The van der Waals surface area contributed by atoms with Crippen LogP contribution in [0, 0.1) is 0 Å². The predicted molar refractivity (Wildman–Crippen MR) is 92.0 cm³/mol. The third-order valence-electron chi connectivity index (χ3n) is 4.97. The van der Waals surface area contributed by atoms with E-state index < -0.39 is 0 Å². The highest BCUT2D eigenvalue weighted by Crippen LogP contribution is 2.27. The number of halogens is 1. The van der Waals surface area contributed by atoms with Gasteiger partial charge in [-0.2, -0.15) is 0 Å². The van der Waals surface area contributed by atoms with Crippen LogP contribution in [-0.2, 0) is 0 Å². The maximum atomic E-state index is 6.32. The van der Waals surface area contributed by atoms with E-state index >= 15 is 0 Å².